The molecule has 266 valence electrons. The molecule has 0 saturated heterocycles. The molecule has 0 saturated carbocycles. The highest BCUT2D eigenvalue weighted by molar-refractivity contribution is 8.13. The molecule has 0 fully saturated rings. The van der Waals surface area contributed by atoms with E-state index in [9.17, 15) is 17.6 Å². The number of rotatable bonds is 14. The third kappa shape index (κ3) is 9.09. The van der Waals surface area contributed by atoms with Crippen LogP contribution in [0.3, 0.4) is 0 Å². The number of amidine groups is 1. The second-order valence-corrected chi connectivity index (χ2v) is 16.7. The highest BCUT2D eigenvalue weighted by Gasteiger charge is 2.42. The third-order valence-electron chi connectivity index (χ3n) is 8.42. The fourth-order valence-electron chi connectivity index (χ4n) is 5.60. The zero-order chi connectivity index (χ0) is 36.3. The predicted molar refractivity (Wildman–Crippen MR) is 189 cm³/mol. The summed E-state index contributed by atoms with van der Waals surface area (Å²) in [5.41, 5.74) is 5.94. The van der Waals surface area contributed by atoms with Gasteiger partial charge in [-0.05, 0) is 54.1 Å². The SMILES string of the molecule is COc1cc(C(C)(C)C2CN=C(SCc3c(F)cc(S(=O)(=O)N(CCC[N+](C)(C)C)CC(N)=O)cc3F)N2c2ccc(F)cc2)ccc1Cl. The highest BCUT2D eigenvalue weighted by Crippen LogP contribution is 2.41. The molecule has 0 aliphatic carbocycles. The summed E-state index contributed by atoms with van der Waals surface area (Å²) < 4.78 is 78.8. The van der Waals surface area contributed by atoms with Crippen molar-refractivity contribution in [1.82, 2.24) is 4.31 Å². The molecule has 3 aromatic carbocycles. The van der Waals surface area contributed by atoms with E-state index in [2.05, 4.69) is 0 Å². The number of sulfonamides is 1. The Morgan fingerprint density at radius 3 is 2.31 bits per heavy atom. The Morgan fingerprint density at radius 2 is 1.73 bits per heavy atom. The maximum absolute atomic E-state index is 15.6. The second-order valence-electron chi connectivity index (χ2n) is 13.4. The first kappa shape index (κ1) is 38.5. The van der Waals surface area contributed by atoms with E-state index in [1.807, 2.05) is 52.0 Å². The number of anilines is 1. The molecule has 1 amide bonds. The Morgan fingerprint density at radius 1 is 1.10 bits per heavy atom. The molecule has 0 aromatic heterocycles. The van der Waals surface area contributed by atoms with Gasteiger partial charge in [-0.1, -0.05) is 43.3 Å². The van der Waals surface area contributed by atoms with Crippen molar-refractivity contribution in [2.75, 3.05) is 59.3 Å². The standard InChI is InChI=1S/C34H41ClF3N5O4S2/c1-34(2,22-8-13-27(35)30(16-22)47-6)31-19-40-33(42(31)24-11-9-23(36)10-12-24)48-21-26-28(37)17-25(18-29(26)38)49(45,46)41(20-32(39)44)14-7-15-43(3,4)5/h8-13,16-18,31H,7,14-15,19-21H2,1-6H3,(H-,39,44)/p+1. The van der Waals surface area contributed by atoms with Crippen molar-refractivity contribution in [3.05, 3.63) is 88.2 Å². The number of methoxy groups -OCH3 is 1. The van der Waals surface area contributed by atoms with E-state index in [0.29, 0.717) is 45.6 Å². The number of carbonyl (C=O) groups is 1. The van der Waals surface area contributed by atoms with Crippen LogP contribution in [-0.2, 0) is 26.0 Å². The van der Waals surface area contributed by atoms with Crippen molar-refractivity contribution in [1.29, 1.82) is 0 Å². The lowest BCUT2D eigenvalue weighted by Crippen LogP contribution is -2.48. The molecule has 0 radical (unpaired) electrons. The Bertz CT molecular complexity index is 1800. The first-order chi connectivity index (χ1) is 22.8. The maximum atomic E-state index is 15.6. The van der Waals surface area contributed by atoms with Crippen LogP contribution in [0.15, 0.2) is 64.5 Å². The lowest BCUT2D eigenvalue weighted by Gasteiger charge is -2.39. The maximum Gasteiger partial charge on any atom is 0.243 e. The number of nitrogens with zero attached hydrogens (tertiary/aromatic N) is 4. The van der Waals surface area contributed by atoms with Crippen LogP contribution in [0, 0.1) is 17.5 Å². The molecule has 1 unspecified atom stereocenters. The summed E-state index contributed by atoms with van der Waals surface area (Å²) in [6.07, 6.45) is 0.395. The van der Waals surface area contributed by atoms with Crippen LogP contribution in [0.4, 0.5) is 18.9 Å². The summed E-state index contributed by atoms with van der Waals surface area (Å²) in [6.45, 7) is 4.29. The van der Waals surface area contributed by atoms with Gasteiger partial charge in [0.1, 0.15) is 23.2 Å². The van der Waals surface area contributed by atoms with Gasteiger partial charge in [0.05, 0.1) is 63.8 Å². The molecule has 0 bridgehead atoms. The van der Waals surface area contributed by atoms with Gasteiger partial charge in [0.25, 0.3) is 0 Å². The van der Waals surface area contributed by atoms with Crippen molar-refractivity contribution in [3.8, 4) is 5.75 Å². The van der Waals surface area contributed by atoms with E-state index in [1.165, 1.54) is 19.2 Å². The van der Waals surface area contributed by atoms with Gasteiger partial charge >= 0.3 is 0 Å². The molecule has 4 rings (SSSR count). The lowest BCUT2D eigenvalue weighted by atomic mass is 9.77. The summed E-state index contributed by atoms with van der Waals surface area (Å²) in [7, 11) is 2.87. The van der Waals surface area contributed by atoms with Crippen LogP contribution in [0.5, 0.6) is 5.75 Å². The monoisotopic (exact) mass is 740 g/mol. The highest BCUT2D eigenvalue weighted by atomic mass is 35.5. The topological polar surface area (TPSA) is 105 Å². The largest absolute Gasteiger partial charge is 0.495 e. The summed E-state index contributed by atoms with van der Waals surface area (Å²) in [5, 5.41) is 0.908. The van der Waals surface area contributed by atoms with E-state index in [0.717, 1.165) is 33.8 Å². The van der Waals surface area contributed by atoms with Gasteiger partial charge in [0.15, 0.2) is 5.17 Å². The minimum atomic E-state index is -4.45. The summed E-state index contributed by atoms with van der Waals surface area (Å²) >= 11 is 7.36. The quantitative estimate of drug-likeness (QED) is 0.210. The van der Waals surface area contributed by atoms with Gasteiger partial charge in [0.2, 0.25) is 15.9 Å². The van der Waals surface area contributed by atoms with Crippen molar-refractivity contribution >= 4 is 50.1 Å². The molecule has 9 nitrogen and oxygen atoms in total. The fraction of sp³-hybridized carbons (Fsp3) is 0.412. The number of ether oxygens (including phenoxy) is 1. The van der Waals surface area contributed by atoms with Gasteiger partial charge in [-0.3, -0.25) is 9.79 Å². The average molecular weight is 741 g/mol. The van der Waals surface area contributed by atoms with Gasteiger partial charge < -0.3 is 19.9 Å². The molecule has 15 heteroatoms. The number of halogens is 4. The third-order valence-corrected chi connectivity index (χ3v) is 11.6. The van der Waals surface area contributed by atoms with Crippen LogP contribution in [0.25, 0.3) is 0 Å². The van der Waals surface area contributed by atoms with E-state index < -0.39 is 50.2 Å². The predicted octanol–water partition coefficient (Wildman–Crippen LogP) is 5.79. The first-order valence-corrected chi connectivity index (χ1v) is 18.3. The number of carbonyl (C=O) groups excluding carboxylic acids is 1. The van der Waals surface area contributed by atoms with Crippen molar-refractivity contribution in [2.45, 2.75) is 42.4 Å². The first-order valence-electron chi connectivity index (χ1n) is 15.5. The Hall–Kier alpha value is -3.30. The van der Waals surface area contributed by atoms with E-state index in [-0.39, 0.29) is 23.9 Å². The number of primary amides is 1. The Labute approximate surface area is 295 Å². The Balaban J connectivity index is 1.61. The smallest absolute Gasteiger partial charge is 0.243 e. The summed E-state index contributed by atoms with van der Waals surface area (Å²) in [5.74, 6) is -3.14. The van der Waals surface area contributed by atoms with Crippen molar-refractivity contribution < 1.29 is 35.6 Å². The number of thioether (sulfide) groups is 1. The van der Waals surface area contributed by atoms with Crippen LogP contribution >= 0.6 is 23.4 Å². The fourth-order valence-corrected chi connectivity index (χ4v) is 8.35. The van der Waals surface area contributed by atoms with Crippen LogP contribution in [-0.4, -0.2) is 88.8 Å². The molecular formula is C34H42ClF3N5O4S2+. The van der Waals surface area contributed by atoms with Crippen molar-refractivity contribution in [3.63, 3.8) is 0 Å². The lowest BCUT2D eigenvalue weighted by molar-refractivity contribution is -0.870. The van der Waals surface area contributed by atoms with Gasteiger partial charge in [-0.2, -0.15) is 4.31 Å². The normalized spacial score (nSPS) is 15.5. The summed E-state index contributed by atoms with van der Waals surface area (Å²) in [6, 6.07) is 12.6. The van der Waals surface area contributed by atoms with Crippen molar-refractivity contribution in [2.24, 2.45) is 10.7 Å². The number of hydrogen-bond acceptors (Lipinski definition) is 7. The number of quaternary nitrogens is 1. The number of nitrogens with two attached hydrogens (primary N) is 1. The molecule has 1 atom stereocenters. The minimum Gasteiger partial charge on any atom is -0.495 e. The molecule has 49 heavy (non-hydrogen) atoms. The summed E-state index contributed by atoms with van der Waals surface area (Å²) in [4.78, 5) is 17.8. The van der Waals surface area contributed by atoms with Crippen LogP contribution < -0.4 is 15.4 Å². The molecule has 1 aliphatic rings. The van der Waals surface area contributed by atoms with Crippen LogP contribution in [0.1, 0.15) is 31.4 Å². The average Bonchev–Trinajstić information content (AvgIpc) is 3.44. The molecular weight excluding hydrogens is 699 g/mol. The number of benzene rings is 3. The second kappa shape index (κ2) is 15.3. The molecule has 1 heterocycles. The zero-order valence-corrected chi connectivity index (χ0v) is 30.7. The zero-order valence-electron chi connectivity index (χ0n) is 28.3. The van der Waals surface area contributed by atoms with Gasteiger partial charge in [-0.15, -0.1) is 0 Å². The number of aliphatic imine (C=N–C) groups is 1. The van der Waals surface area contributed by atoms with Gasteiger partial charge in [-0.25, -0.2) is 21.6 Å². The molecule has 2 N–H and O–H groups in total. The van der Waals surface area contributed by atoms with E-state index in [1.54, 1.807) is 18.2 Å². The molecule has 0 spiro atoms. The number of amides is 1. The van der Waals surface area contributed by atoms with Gasteiger partial charge in [0, 0.05) is 35.4 Å². The van der Waals surface area contributed by atoms with Crippen LogP contribution in [0.2, 0.25) is 5.02 Å². The van der Waals surface area contributed by atoms with E-state index >= 15 is 8.78 Å². The minimum absolute atomic E-state index is 0.0546. The molecule has 3 aromatic rings. The molecule has 1 aliphatic heterocycles. The van der Waals surface area contributed by atoms with E-state index in [4.69, 9.17) is 27.1 Å². The number of hydrogen-bond donors (Lipinski definition) is 1. The Kier molecular flexibility index (Phi) is 12.0.